The van der Waals surface area contributed by atoms with Crippen molar-refractivity contribution in [2.75, 3.05) is 66.1 Å². The van der Waals surface area contributed by atoms with Crippen molar-refractivity contribution in [2.45, 2.75) is 45.6 Å². The van der Waals surface area contributed by atoms with Gasteiger partial charge in [-0.25, -0.2) is 0 Å². The molecular formula is C30H43N5O5. The molecule has 0 spiro atoms. The van der Waals surface area contributed by atoms with E-state index in [9.17, 15) is 14.4 Å². The highest BCUT2D eigenvalue weighted by atomic mass is 16.5. The van der Waals surface area contributed by atoms with Gasteiger partial charge in [-0.2, -0.15) is 0 Å². The molecular weight excluding hydrogens is 510 g/mol. The highest BCUT2D eigenvalue weighted by Gasteiger charge is 2.57. The first-order valence-corrected chi connectivity index (χ1v) is 14.7. The minimum Gasteiger partial charge on any atom is -0.497 e. The molecule has 3 amide bonds. The summed E-state index contributed by atoms with van der Waals surface area (Å²) in [6, 6.07) is 5.94. The average molecular weight is 554 g/mol. The van der Waals surface area contributed by atoms with Crippen LogP contribution in [0.25, 0.3) is 10.9 Å². The number of nitrogens with zero attached hydrogens (tertiary/aromatic N) is 3. The smallest absolute Gasteiger partial charge is 0.228 e. The van der Waals surface area contributed by atoms with Crippen molar-refractivity contribution in [3.05, 3.63) is 29.5 Å². The van der Waals surface area contributed by atoms with Crippen LogP contribution >= 0.6 is 0 Å². The zero-order valence-electron chi connectivity index (χ0n) is 24.3. The first-order chi connectivity index (χ1) is 19.3. The third kappa shape index (κ3) is 5.07. The minimum atomic E-state index is -0.833. The molecule has 2 aromatic rings. The summed E-state index contributed by atoms with van der Waals surface area (Å²) in [5.74, 6) is -0.378. The standard InChI is InChI=1S/C30H43N5O5/c1-5-34(6-2)29(38)24-17-20(18-26(36)31-10-12-33-13-15-40-16-14-33)28(37)35-11-9-22-23-19-21(39-4)7-8-25(23)32-27(22)30(24,35)3/h7-8,19-20,24,32H,5-6,9-18H2,1-4H3,(H,31,36)/t20?,24-,30+/m1/s1. The van der Waals surface area contributed by atoms with Crippen molar-refractivity contribution < 1.29 is 23.9 Å². The molecule has 2 fully saturated rings. The van der Waals surface area contributed by atoms with Crippen LogP contribution in [0.5, 0.6) is 5.75 Å². The summed E-state index contributed by atoms with van der Waals surface area (Å²) >= 11 is 0. The molecule has 0 saturated carbocycles. The van der Waals surface area contributed by atoms with Crippen molar-refractivity contribution in [3.8, 4) is 5.75 Å². The van der Waals surface area contributed by atoms with E-state index in [1.807, 2.05) is 48.8 Å². The van der Waals surface area contributed by atoms with Gasteiger partial charge in [0.25, 0.3) is 0 Å². The number of benzene rings is 1. The van der Waals surface area contributed by atoms with Gasteiger partial charge in [0.1, 0.15) is 5.75 Å². The molecule has 3 aliphatic rings. The Bertz CT molecular complexity index is 1250. The molecule has 2 saturated heterocycles. The van der Waals surface area contributed by atoms with Crippen LogP contribution in [0.3, 0.4) is 0 Å². The number of nitrogens with one attached hydrogen (secondary N) is 2. The van der Waals surface area contributed by atoms with Gasteiger partial charge in [0.15, 0.2) is 0 Å². The highest BCUT2D eigenvalue weighted by molar-refractivity contribution is 5.93. The average Bonchev–Trinajstić information content (AvgIpc) is 3.35. The number of fused-ring (bicyclic) bond motifs is 5. The van der Waals surface area contributed by atoms with Gasteiger partial charge in [-0.1, -0.05) is 0 Å². The highest BCUT2D eigenvalue weighted by Crippen LogP contribution is 2.50. The van der Waals surface area contributed by atoms with Gasteiger partial charge in [0.2, 0.25) is 17.7 Å². The summed E-state index contributed by atoms with van der Waals surface area (Å²) in [5, 5.41) is 4.08. The molecule has 1 aromatic carbocycles. The van der Waals surface area contributed by atoms with Gasteiger partial charge in [-0.05, 0) is 57.4 Å². The first-order valence-electron chi connectivity index (χ1n) is 14.7. The fourth-order valence-electron chi connectivity index (χ4n) is 6.91. The van der Waals surface area contributed by atoms with Gasteiger partial charge >= 0.3 is 0 Å². The van der Waals surface area contributed by atoms with E-state index >= 15 is 0 Å². The van der Waals surface area contributed by atoms with Crippen LogP contribution in [-0.4, -0.2) is 104 Å². The number of aromatic amines is 1. The minimum absolute atomic E-state index is 0.0341. The number of H-pyrrole nitrogens is 1. The van der Waals surface area contributed by atoms with Crippen molar-refractivity contribution >= 4 is 28.6 Å². The largest absolute Gasteiger partial charge is 0.497 e. The molecule has 4 heterocycles. The van der Waals surface area contributed by atoms with Crippen molar-refractivity contribution in [3.63, 3.8) is 0 Å². The van der Waals surface area contributed by atoms with Crippen molar-refractivity contribution in [1.29, 1.82) is 0 Å². The lowest BCUT2D eigenvalue weighted by Crippen LogP contribution is -2.64. The van der Waals surface area contributed by atoms with Gasteiger partial charge in [0.05, 0.1) is 31.8 Å². The second-order valence-electron chi connectivity index (χ2n) is 11.3. The monoisotopic (exact) mass is 553 g/mol. The van der Waals surface area contributed by atoms with Crippen LogP contribution in [0.15, 0.2) is 18.2 Å². The molecule has 5 rings (SSSR count). The summed E-state index contributed by atoms with van der Waals surface area (Å²) in [6.07, 6.45) is 1.11. The van der Waals surface area contributed by atoms with Crippen LogP contribution < -0.4 is 10.1 Å². The molecule has 10 heteroatoms. The number of hydrogen-bond acceptors (Lipinski definition) is 6. The lowest BCUT2D eigenvalue weighted by atomic mass is 9.67. The Balaban J connectivity index is 1.41. The van der Waals surface area contributed by atoms with E-state index in [-0.39, 0.29) is 24.1 Å². The number of carbonyl (C=O) groups is 3. The predicted molar refractivity (Wildman–Crippen MR) is 152 cm³/mol. The van der Waals surface area contributed by atoms with E-state index in [2.05, 4.69) is 15.2 Å². The Morgan fingerprint density at radius 2 is 1.95 bits per heavy atom. The molecule has 10 nitrogen and oxygen atoms in total. The van der Waals surface area contributed by atoms with Crippen LogP contribution in [0.4, 0.5) is 0 Å². The summed E-state index contributed by atoms with van der Waals surface area (Å²) in [5.41, 5.74) is 2.20. The molecule has 0 radical (unpaired) electrons. The van der Waals surface area contributed by atoms with Gasteiger partial charge in [-0.15, -0.1) is 0 Å². The second-order valence-corrected chi connectivity index (χ2v) is 11.3. The Labute approximate surface area is 236 Å². The van der Waals surface area contributed by atoms with E-state index in [1.54, 1.807) is 7.11 Å². The molecule has 3 aliphatic heterocycles. The molecule has 1 aromatic heterocycles. The van der Waals surface area contributed by atoms with Gasteiger partial charge < -0.3 is 29.6 Å². The number of amides is 3. The number of carbonyl (C=O) groups excluding carboxylic acids is 3. The predicted octanol–water partition coefficient (Wildman–Crippen LogP) is 2.12. The van der Waals surface area contributed by atoms with Gasteiger partial charge in [-0.3, -0.25) is 19.3 Å². The van der Waals surface area contributed by atoms with E-state index in [1.165, 1.54) is 0 Å². The maximum Gasteiger partial charge on any atom is 0.228 e. The van der Waals surface area contributed by atoms with Gasteiger partial charge in [0, 0.05) is 74.7 Å². The zero-order chi connectivity index (χ0) is 28.4. The van der Waals surface area contributed by atoms with Crippen LogP contribution in [0, 0.1) is 11.8 Å². The Morgan fingerprint density at radius 3 is 2.65 bits per heavy atom. The van der Waals surface area contributed by atoms with E-state index in [0.717, 1.165) is 47.5 Å². The maximum absolute atomic E-state index is 14.1. The number of aromatic nitrogens is 1. The molecule has 3 atom stereocenters. The maximum atomic E-state index is 14.1. The third-order valence-corrected chi connectivity index (χ3v) is 9.24. The Morgan fingerprint density at radius 1 is 1.20 bits per heavy atom. The van der Waals surface area contributed by atoms with E-state index in [0.29, 0.717) is 52.2 Å². The van der Waals surface area contributed by atoms with Crippen LogP contribution in [-0.2, 0) is 31.1 Å². The number of piperidine rings is 1. The quantitative estimate of drug-likeness (QED) is 0.493. The number of rotatable bonds is 9. The number of methoxy groups -OCH3 is 1. The second kappa shape index (κ2) is 11.8. The summed E-state index contributed by atoms with van der Waals surface area (Å²) in [7, 11) is 1.65. The van der Waals surface area contributed by atoms with Crippen molar-refractivity contribution in [2.24, 2.45) is 11.8 Å². The summed E-state index contributed by atoms with van der Waals surface area (Å²) in [4.78, 5) is 50.6. The van der Waals surface area contributed by atoms with Crippen LogP contribution in [0.2, 0.25) is 0 Å². The van der Waals surface area contributed by atoms with Crippen LogP contribution in [0.1, 0.15) is 44.9 Å². The normalized spacial score (nSPS) is 24.9. The Hall–Kier alpha value is -3.11. The first kappa shape index (κ1) is 28.4. The topological polar surface area (TPSA) is 107 Å². The van der Waals surface area contributed by atoms with E-state index < -0.39 is 17.4 Å². The SMILES string of the molecule is CCN(CC)C(=O)[C@H]1CC(CC(=O)NCCN2CCOCC2)C(=O)N2CCc3c([nH]c4ccc(OC)cc34)[C@]12C. The zero-order valence-corrected chi connectivity index (χ0v) is 24.3. The number of hydrogen-bond donors (Lipinski definition) is 2. The third-order valence-electron chi connectivity index (χ3n) is 9.24. The molecule has 0 bridgehead atoms. The lowest BCUT2D eigenvalue weighted by Gasteiger charge is -2.54. The molecule has 40 heavy (non-hydrogen) atoms. The fourth-order valence-corrected chi connectivity index (χ4v) is 6.91. The Kier molecular flexibility index (Phi) is 8.37. The van der Waals surface area contributed by atoms with Crippen molar-refractivity contribution in [1.82, 2.24) is 25.0 Å². The van der Waals surface area contributed by atoms with E-state index in [4.69, 9.17) is 9.47 Å². The summed E-state index contributed by atoms with van der Waals surface area (Å²) < 4.78 is 10.9. The molecule has 2 N–H and O–H groups in total. The molecule has 218 valence electrons. The summed E-state index contributed by atoms with van der Waals surface area (Å²) in [6.45, 7) is 12.1. The number of ether oxygens (including phenoxy) is 2. The fraction of sp³-hybridized carbons (Fsp3) is 0.633. The molecule has 1 unspecified atom stereocenters. The molecule has 0 aliphatic carbocycles. The number of morpholine rings is 1. The lowest BCUT2D eigenvalue weighted by molar-refractivity contribution is -0.164.